The lowest BCUT2D eigenvalue weighted by molar-refractivity contribution is 0.615. The summed E-state index contributed by atoms with van der Waals surface area (Å²) in [7, 11) is 1.08. The van der Waals surface area contributed by atoms with Gasteiger partial charge in [-0.25, -0.2) is 0 Å². The summed E-state index contributed by atoms with van der Waals surface area (Å²) in [6.07, 6.45) is 0. The van der Waals surface area contributed by atoms with Crippen molar-refractivity contribution in [3.05, 3.63) is 147 Å². The summed E-state index contributed by atoms with van der Waals surface area (Å²) in [5, 5.41) is 13.4. The molecule has 0 aromatic heterocycles. The quantitative estimate of drug-likeness (QED) is 0.182. The Hall–Kier alpha value is -2.70. The summed E-state index contributed by atoms with van der Waals surface area (Å²) in [4.78, 5) is 0. The SMILES string of the molecule is Brc1cccc2cccc(-c3ccccc3)c12.Brc1cccc2cccc(Br)c12.O[B]c1ccccc1. The van der Waals surface area contributed by atoms with Crippen molar-refractivity contribution < 1.29 is 5.02 Å². The third-order valence-corrected chi connectivity index (χ3v) is 7.67. The van der Waals surface area contributed by atoms with E-state index in [0.717, 1.165) is 26.4 Å². The van der Waals surface area contributed by atoms with E-state index in [1.54, 1.807) is 0 Å². The Kier molecular flexibility index (Phi) is 10.1. The molecule has 0 unspecified atom stereocenters. The van der Waals surface area contributed by atoms with E-state index < -0.39 is 0 Å². The van der Waals surface area contributed by atoms with Gasteiger partial charge < -0.3 is 5.02 Å². The number of rotatable bonds is 2. The molecule has 0 bridgehead atoms. The summed E-state index contributed by atoms with van der Waals surface area (Å²) in [6, 6.07) is 44.9. The van der Waals surface area contributed by atoms with Gasteiger partial charge in [-0.3, -0.25) is 0 Å². The molecular weight excluding hydrogens is 651 g/mol. The zero-order valence-corrected chi connectivity index (χ0v) is 24.6. The van der Waals surface area contributed by atoms with Crippen molar-refractivity contribution in [1.82, 2.24) is 0 Å². The summed E-state index contributed by atoms with van der Waals surface area (Å²) >= 11 is 10.7. The second-order valence-corrected chi connectivity index (χ2v) is 10.7. The fourth-order valence-corrected chi connectivity index (χ4v) is 6.00. The number of hydrogen-bond acceptors (Lipinski definition) is 1. The van der Waals surface area contributed by atoms with Crippen LogP contribution in [0.5, 0.6) is 0 Å². The summed E-state index contributed by atoms with van der Waals surface area (Å²) in [6.45, 7) is 0. The average molecular weight is 674 g/mol. The maximum Gasteiger partial charge on any atom is 0.326 e. The number of benzene rings is 6. The van der Waals surface area contributed by atoms with Crippen LogP contribution in [0.15, 0.2) is 147 Å². The van der Waals surface area contributed by atoms with Gasteiger partial charge in [0.05, 0.1) is 0 Å². The van der Waals surface area contributed by atoms with E-state index in [4.69, 9.17) is 5.02 Å². The molecule has 0 saturated carbocycles. The van der Waals surface area contributed by atoms with Crippen molar-refractivity contribution in [2.45, 2.75) is 0 Å². The monoisotopic (exact) mass is 671 g/mol. The molecule has 0 fully saturated rings. The minimum atomic E-state index is 0.840. The van der Waals surface area contributed by atoms with E-state index in [2.05, 4.69) is 121 Å². The minimum Gasteiger partial charge on any atom is -0.450 e. The van der Waals surface area contributed by atoms with Crippen LogP contribution in [-0.2, 0) is 0 Å². The first kappa shape index (κ1) is 27.3. The number of halogens is 3. The molecule has 1 radical (unpaired) electrons. The summed E-state index contributed by atoms with van der Waals surface area (Å²) in [5.74, 6) is 0. The molecule has 1 nitrogen and oxygen atoms in total. The average Bonchev–Trinajstić information content (AvgIpc) is 2.95. The van der Waals surface area contributed by atoms with Crippen molar-refractivity contribution in [3.63, 3.8) is 0 Å². The topological polar surface area (TPSA) is 20.2 Å². The Bertz CT molecular complexity index is 1550. The Labute approximate surface area is 243 Å². The van der Waals surface area contributed by atoms with Gasteiger partial charge in [0.15, 0.2) is 0 Å². The number of hydrogen-bond donors (Lipinski definition) is 1. The molecule has 5 heteroatoms. The minimum absolute atomic E-state index is 0.840. The predicted octanol–water partition coefficient (Wildman–Crippen LogP) is 9.56. The molecule has 0 spiro atoms. The van der Waals surface area contributed by atoms with Crippen LogP contribution in [0, 0.1) is 0 Å². The Balaban J connectivity index is 0.000000140. The highest BCUT2D eigenvalue weighted by Gasteiger charge is 2.05. The molecule has 0 amide bonds. The van der Waals surface area contributed by atoms with Gasteiger partial charge in [-0.05, 0) is 40.1 Å². The molecular formula is C32H23BBr3O. The van der Waals surface area contributed by atoms with Gasteiger partial charge >= 0.3 is 7.48 Å². The lowest BCUT2D eigenvalue weighted by Gasteiger charge is -2.08. The van der Waals surface area contributed by atoms with E-state index >= 15 is 0 Å². The van der Waals surface area contributed by atoms with Gasteiger partial charge in [0, 0.05) is 24.2 Å². The zero-order chi connectivity index (χ0) is 26.0. The van der Waals surface area contributed by atoms with E-state index in [-0.39, 0.29) is 0 Å². The highest BCUT2D eigenvalue weighted by Crippen LogP contribution is 2.33. The summed E-state index contributed by atoms with van der Waals surface area (Å²) in [5.41, 5.74) is 3.37. The second-order valence-electron chi connectivity index (χ2n) is 8.13. The van der Waals surface area contributed by atoms with Gasteiger partial charge in [0.2, 0.25) is 0 Å². The van der Waals surface area contributed by atoms with Gasteiger partial charge in [-0.15, -0.1) is 0 Å². The van der Waals surface area contributed by atoms with Crippen LogP contribution < -0.4 is 5.46 Å². The van der Waals surface area contributed by atoms with Crippen molar-refractivity contribution >= 4 is 82.3 Å². The molecule has 0 atom stereocenters. The van der Waals surface area contributed by atoms with E-state index in [1.807, 2.05) is 60.7 Å². The van der Waals surface area contributed by atoms with Gasteiger partial charge in [0.1, 0.15) is 0 Å². The van der Waals surface area contributed by atoms with Gasteiger partial charge in [0.25, 0.3) is 0 Å². The third kappa shape index (κ3) is 7.21. The first-order chi connectivity index (χ1) is 18.1. The third-order valence-electron chi connectivity index (χ3n) is 5.69. The smallest absolute Gasteiger partial charge is 0.326 e. The standard InChI is InChI=1S/C16H11Br.C10H6Br2.C6H6BO/c17-15-11-5-9-13-8-4-10-14(16(13)15)12-6-2-1-3-7-12;11-8-5-1-3-7-4-2-6-9(12)10(7)8;8-7-6-4-2-1-3-5-6/h1-11H;1-6H;1-5,8H. The largest absolute Gasteiger partial charge is 0.450 e. The van der Waals surface area contributed by atoms with Crippen LogP contribution >= 0.6 is 47.8 Å². The molecule has 0 aliphatic heterocycles. The van der Waals surface area contributed by atoms with E-state index in [1.165, 1.54) is 32.7 Å². The van der Waals surface area contributed by atoms with Crippen LogP contribution in [0.25, 0.3) is 32.7 Å². The molecule has 6 rings (SSSR count). The lowest BCUT2D eigenvalue weighted by atomic mass is 9.89. The van der Waals surface area contributed by atoms with Crippen LogP contribution in [0.1, 0.15) is 0 Å². The van der Waals surface area contributed by atoms with E-state index in [9.17, 15) is 0 Å². The lowest BCUT2D eigenvalue weighted by Crippen LogP contribution is -2.11. The van der Waals surface area contributed by atoms with Crippen molar-refractivity contribution in [3.8, 4) is 11.1 Å². The van der Waals surface area contributed by atoms with Gasteiger partial charge in [-0.1, -0.05) is 169 Å². The second kappa shape index (κ2) is 13.7. The molecule has 0 saturated heterocycles. The Morgan fingerprint density at radius 1 is 0.432 bits per heavy atom. The first-order valence-corrected chi connectivity index (χ1v) is 14.0. The first-order valence-electron chi connectivity index (χ1n) is 11.7. The predicted molar refractivity (Wildman–Crippen MR) is 170 cm³/mol. The molecule has 0 aliphatic rings. The molecule has 6 aromatic carbocycles. The van der Waals surface area contributed by atoms with Crippen molar-refractivity contribution in [2.24, 2.45) is 0 Å². The molecule has 1 N–H and O–H groups in total. The molecule has 0 heterocycles. The van der Waals surface area contributed by atoms with Crippen LogP contribution in [-0.4, -0.2) is 12.5 Å². The normalized spacial score (nSPS) is 10.2. The maximum atomic E-state index is 8.41. The highest BCUT2D eigenvalue weighted by molar-refractivity contribution is 9.11. The van der Waals surface area contributed by atoms with Crippen LogP contribution in [0.4, 0.5) is 0 Å². The Morgan fingerprint density at radius 2 is 0.865 bits per heavy atom. The molecule has 181 valence electrons. The molecule has 0 aliphatic carbocycles. The van der Waals surface area contributed by atoms with Crippen LogP contribution in [0.3, 0.4) is 0 Å². The van der Waals surface area contributed by atoms with Crippen molar-refractivity contribution in [2.75, 3.05) is 0 Å². The van der Waals surface area contributed by atoms with Gasteiger partial charge in [-0.2, -0.15) is 0 Å². The zero-order valence-electron chi connectivity index (χ0n) is 19.9. The molecule has 6 aromatic rings. The Morgan fingerprint density at radius 3 is 1.32 bits per heavy atom. The molecule has 37 heavy (non-hydrogen) atoms. The van der Waals surface area contributed by atoms with Crippen molar-refractivity contribution in [1.29, 1.82) is 0 Å². The fraction of sp³-hybridized carbons (Fsp3) is 0. The van der Waals surface area contributed by atoms with Crippen LogP contribution in [0.2, 0.25) is 0 Å². The number of fused-ring (bicyclic) bond motifs is 2. The maximum absolute atomic E-state index is 8.41. The summed E-state index contributed by atoms with van der Waals surface area (Å²) < 4.78 is 3.41. The fourth-order valence-electron chi connectivity index (χ4n) is 3.94. The van der Waals surface area contributed by atoms with E-state index in [0.29, 0.717) is 0 Å². The highest BCUT2D eigenvalue weighted by atomic mass is 79.9.